The molecule has 25 heavy (non-hydrogen) atoms. The number of ether oxygens (including phenoxy) is 2. The second-order valence-corrected chi connectivity index (χ2v) is 6.94. The van der Waals surface area contributed by atoms with E-state index in [1.54, 1.807) is 0 Å². The first-order valence-electron chi connectivity index (χ1n) is 9.62. The highest BCUT2D eigenvalue weighted by atomic mass is 16.5. The topological polar surface area (TPSA) is 50.8 Å². The summed E-state index contributed by atoms with van der Waals surface area (Å²) in [5, 5.41) is 3.05. The minimum absolute atomic E-state index is 0.0618. The molecule has 1 aromatic carbocycles. The molecule has 3 rings (SSSR count). The Balaban J connectivity index is 1.37. The van der Waals surface area contributed by atoms with Crippen LogP contribution in [0.1, 0.15) is 38.2 Å². The highest BCUT2D eigenvalue weighted by molar-refractivity contribution is 5.74. The number of benzene rings is 1. The van der Waals surface area contributed by atoms with Gasteiger partial charge < -0.3 is 19.7 Å². The van der Waals surface area contributed by atoms with E-state index in [0.29, 0.717) is 25.2 Å². The number of likely N-dealkylation sites (tertiary alicyclic amines) is 1. The average molecular weight is 346 g/mol. The first-order chi connectivity index (χ1) is 12.3. The molecule has 1 N–H and O–H groups in total. The van der Waals surface area contributed by atoms with Crippen molar-refractivity contribution in [3.8, 4) is 5.75 Å². The smallest absolute Gasteiger partial charge is 0.317 e. The Labute approximate surface area is 150 Å². The third-order valence-electron chi connectivity index (χ3n) is 5.22. The van der Waals surface area contributed by atoms with Crippen molar-refractivity contribution < 1.29 is 14.3 Å². The highest BCUT2D eigenvalue weighted by Crippen LogP contribution is 2.28. The van der Waals surface area contributed by atoms with Crippen molar-refractivity contribution in [1.82, 2.24) is 10.2 Å². The van der Waals surface area contributed by atoms with Crippen LogP contribution in [0.15, 0.2) is 24.3 Å². The summed E-state index contributed by atoms with van der Waals surface area (Å²) in [7, 11) is 0. The minimum atomic E-state index is 0.0618. The lowest BCUT2D eigenvalue weighted by atomic mass is 9.90. The summed E-state index contributed by atoms with van der Waals surface area (Å²) in [4.78, 5) is 14.3. The Morgan fingerprint density at radius 1 is 1.32 bits per heavy atom. The molecule has 5 heteroatoms. The molecular weight excluding hydrogens is 316 g/mol. The number of hydrogen-bond donors (Lipinski definition) is 1. The zero-order valence-corrected chi connectivity index (χ0v) is 15.2. The molecule has 138 valence electrons. The molecule has 1 aromatic rings. The van der Waals surface area contributed by atoms with Crippen molar-refractivity contribution in [2.75, 3.05) is 32.8 Å². The van der Waals surface area contributed by atoms with Crippen molar-refractivity contribution in [3.63, 3.8) is 0 Å². The van der Waals surface area contributed by atoms with Gasteiger partial charge in [-0.15, -0.1) is 0 Å². The van der Waals surface area contributed by atoms with Crippen molar-refractivity contribution in [2.24, 2.45) is 5.92 Å². The van der Waals surface area contributed by atoms with Crippen LogP contribution in [-0.4, -0.2) is 49.9 Å². The molecule has 2 saturated heterocycles. The van der Waals surface area contributed by atoms with E-state index < -0.39 is 0 Å². The van der Waals surface area contributed by atoms with Gasteiger partial charge in [0.15, 0.2) is 0 Å². The van der Waals surface area contributed by atoms with E-state index in [1.807, 2.05) is 30.0 Å². The van der Waals surface area contributed by atoms with Crippen molar-refractivity contribution in [1.29, 1.82) is 0 Å². The fourth-order valence-corrected chi connectivity index (χ4v) is 3.83. The lowest BCUT2D eigenvalue weighted by Gasteiger charge is -2.34. The van der Waals surface area contributed by atoms with Gasteiger partial charge in [0.05, 0.1) is 12.7 Å². The number of carbonyl (C=O) groups is 1. The SMILES string of the molecule is CCOc1cccc(CCNC(=O)N2CCC(C3CCCO3)CC2)c1. The molecule has 2 fully saturated rings. The zero-order chi connectivity index (χ0) is 17.5. The van der Waals surface area contributed by atoms with Crippen molar-refractivity contribution in [2.45, 2.75) is 45.1 Å². The van der Waals surface area contributed by atoms with Crippen LogP contribution in [0.3, 0.4) is 0 Å². The number of amides is 2. The molecule has 0 aliphatic carbocycles. The third-order valence-corrected chi connectivity index (χ3v) is 5.22. The largest absolute Gasteiger partial charge is 0.494 e. The van der Waals surface area contributed by atoms with Gasteiger partial charge in [0.1, 0.15) is 5.75 Å². The normalized spacial score (nSPS) is 21.3. The van der Waals surface area contributed by atoms with Gasteiger partial charge in [-0.2, -0.15) is 0 Å². The molecule has 2 aliphatic heterocycles. The summed E-state index contributed by atoms with van der Waals surface area (Å²) < 4.78 is 11.3. The number of carbonyl (C=O) groups excluding carboxylic acids is 1. The van der Waals surface area contributed by atoms with Gasteiger partial charge in [-0.25, -0.2) is 4.79 Å². The van der Waals surface area contributed by atoms with Crippen LogP contribution in [0.2, 0.25) is 0 Å². The van der Waals surface area contributed by atoms with Crippen molar-refractivity contribution in [3.05, 3.63) is 29.8 Å². The summed E-state index contributed by atoms with van der Waals surface area (Å²) in [5.74, 6) is 1.52. The van der Waals surface area contributed by atoms with Gasteiger partial charge >= 0.3 is 6.03 Å². The maximum atomic E-state index is 12.3. The molecule has 0 spiro atoms. The van der Waals surface area contributed by atoms with Crippen LogP contribution in [-0.2, 0) is 11.2 Å². The fourth-order valence-electron chi connectivity index (χ4n) is 3.83. The maximum Gasteiger partial charge on any atom is 0.317 e. The van der Waals surface area contributed by atoms with E-state index in [-0.39, 0.29) is 6.03 Å². The van der Waals surface area contributed by atoms with Crippen LogP contribution in [0.4, 0.5) is 4.79 Å². The Morgan fingerprint density at radius 3 is 2.88 bits per heavy atom. The van der Waals surface area contributed by atoms with Crippen LogP contribution in [0.5, 0.6) is 5.75 Å². The quantitative estimate of drug-likeness (QED) is 0.860. The monoisotopic (exact) mass is 346 g/mol. The fraction of sp³-hybridized carbons (Fsp3) is 0.650. The summed E-state index contributed by atoms with van der Waals surface area (Å²) in [6, 6.07) is 8.14. The predicted molar refractivity (Wildman–Crippen MR) is 98.0 cm³/mol. The number of rotatable bonds is 6. The molecule has 0 saturated carbocycles. The van der Waals surface area contributed by atoms with Gasteiger partial charge in [0.2, 0.25) is 0 Å². The lowest BCUT2D eigenvalue weighted by molar-refractivity contribution is 0.0373. The van der Waals surface area contributed by atoms with Crippen LogP contribution >= 0.6 is 0 Å². The number of urea groups is 1. The highest BCUT2D eigenvalue weighted by Gasteiger charge is 2.30. The van der Waals surface area contributed by atoms with E-state index in [1.165, 1.54) is 18.4 Å². The molecular formula is C20H30N2O3. The molecule has 0 aromatic heterocycles. The molecule has 1 atom stereocenters. The zero-order valence-electron chi connectivity index (χ0n) is 15.2. The number of nitrogens with one attached hydrogen (secondary N) is 1. The third kappa shape index (κ3) is 5.11. The van der Waals surface area contributed by atoms with Crippen LogP contribution in [0.25, 0.3) is 0 Å². The van der Waals surface area contributed by atoms with E-state index in [4.69, 9.17) is 9.47 Å². The molecule has 1 unspecified atom stereocenters. The second-order valence-electron chi connectivity index (χ2n) is 6.94. The molecule has 2 heterocycles. The summed E-state index contributed by atoms with van der Waals surface area (Å²) >= 11 is 0. The van der Waals surface area contributed by atoms with E-state index in [2.05, 4.69) is 11.4 Å². The summed E-state index contributed by atoms with van der Waals surface area (Å²) in [6.45, 7) is 5.90. The predicted octanol–water partition coefficient (Wildman–Crippen LogP) is 3.23. The summed E-state index contributed by atoms with van der Waals surface area (Å²) in [5.41, 5.74) is 1.18. The number of nitrogens with zero attached hydrogens (tertiary/aromatic N) is 1. The number of hydrogen-bond acceptors (Lipinski definition) is 3. The van der Waals surface area contributed by atoms with E-state index >= 15 is 0 Å². The Hall–Kier alpha value is -1.75. The molecule has 2 amide bonds. The molecule has 0 bridgehead atoms. The summed E-state index contributed by atoms with van der Waals surface area (Å²) in [6.07, 6.45) is 5.76. The van der Waals surface area contributed by atoms with Gasteiger partial charge in [-0.1, -0.05) is 12.1 Å². The van der Waals surface area contributed by atoms with Crippen LogP contribution in [0, 0.1) is 5.92 Å². The van der Waals surface area contributed by atoms with Gasteiger partial charge in [-0.3, -0.25) is 0 Å². The molecule has 5 nitrogen and oxygen atoms in total. The maximum absolute atomic E-state index is 12.3. The second kappa shape index (κ2) is 9.09. The van der Waals surface area contributed by atoms with Crippen molar-refractivity contribution >= 4 is 6.03 Å². The van der Waals surface area contributed by atoms with Gasteiger partial charge in [-0.05, 0) is 62.6 Å². The standard InChI is InChI=1S/C20H30N2O3/c1-2-24-18-6-3-5-16(15-18)8-11-21-20(23)22-12-9-17(10-13-22)19-7-4-14-25-19/h3,5-6,15,17,19H,2,4,7-14H2,1H3,(H,21,23). The number of piperidine rings is 1. The average Bonchev–Trinajstić information content (AvgIpc) is 3.17. The van der Waals surface area contributed by atoms with Crippen LogP contribution < -0.4 is 10.1 Å². The Bertz CT molecular complexity index is 550. The van der Waals surface area contributed by atoms with Gasteiger partial charge in [0, 0.05) is 26.2 Å². The molecule has 0 radical (unpaired) electrons. The van der Waals surface area contributed by atoms with E-state index in [9.17, 15) is 4.79 Å². The molecule has 2 aliphatic rings. The Kier molecular flexibility index (Phi) is 6.56. The minimum Gasteiger partial charge on any atom is -0.494 e. The van der Waals surface area contributed by atoms with E-state index in [0.717, 1.165) is 44.7 Å². The Morgan fingerprint density at radius 2 is 2.16 bits per heavy atom. The van der Waals surface area contributed by atoms with Gasteiger partial charge in [0.25, 0.3) is 0 Å². The lowest BCUT2D eigenvalue weighted by Crippen LogP contribution is -2.46. The first kappa shape index (κ1) is 18.1. The first-order valence-corrected chi connectivity index (χ1v) is 9.62.